The van der Waals surface area contributed by atoms with E-state index in [9.17, 15) is 18.0 Å². The minimum Gasteiger partial charge on any atom is -0.337 e. The van der Waals surface area contributed by atoms with Crippen molar-refractivity contribution in [2.75, 3.05) is 31.1 Å². The molecule has 2 heterocycles. The maximum Gasteiger partial charge on any atom is 0.433 e. The second-order valence-electron chi connectivity index (χ2n) is 4.16. The average Bonchev–Trinajstić information content (AvgIpc) is 2.46. The Morgan fingerprint density at radius 3 is 2.50 bits per heavy atom. The van der Waals surface area contributed by atoms with Crippen molar-refractivity contribution < 1.29 is 18.0 Å². The molecule has 5 nitrogen and oxygen atoms in total. The van der Waals surface area contributed by atoms with Gasteiger partial charge in [-0.25, -0.2) is 9.97 Å². The lowest BCUT2D eigenvalue weighted by atomic mass is 10.3. The molecule has 0 radical (unpaired) electrons. The minimum absolute atomic E-state index is 0.00707. The highest BCUT2D eigenvalue weighted by atomic mass is 19.4. The van der Waals surface area contributed by atoms with Gasteiger partial charge in [-0.2, -0.15) is 13.2 Å². The van der Waals surface area contributed by atoms with Gasteiger partial charge in [0.25, 0.3) is 5.91 Å². The lowest BCUT2D eigenvalue weighted by Crippen LogP contribution is -2.49. The topological polar surface area (TPSA) is 49.3 Å². The number of terminal acetylenes is 1. The number of carbonyl (C=O) groups excluding carboxylic acids is 1. The standard InChI is InChI=1S/C12H11F3N4O/c1-2-10(20)18-5-7-19(8-6-18)11-16-4-3-9(17-11)12(13,14)15/h1,3-4H,5-8H2. The summed E-state index contributed by atoms with van der Waals surface area (Å²) in [6.45, 7) is 1.36. The molecule has 106 valence electrons. The number of carbonyl (C=O) groups is 1. The van der Waals surface area contributed by atoms with E-state index in [0.29, 0.717) is 26.2 Å². The van der Waals surface area contributed by atoms with Gasteiger partial charge in [-0.1, -0.05) is 0 Å². The van der Waals surface area contributed by atoms with Gasteiger partial charge in [0.05, 0.1) is 0 Å². The number of anilines is 1. The Hall–Kier alpha value is -2.30. The largest absolute Gasteiger partial charge is 0.433 e. The van der Waals surface area contributed by atoms with Gasteiger partial charge in [0.1, 0.15) is 5.69 Å². The van der Waals surface area contributed by atoms with Crippen molar-refractivity contribution in [2.45, 2.75) is 6.18 Å². The average molecular weight is 284 g/mol. The van der Waals surface area contributed by atoms with E-state index < -0.39 is 17.8 Å². The summed E-state index contributed by atoms with van der Waals surface area (Å²) in [4.78, 5) is 21.7. The molecule has 0 aliphatic carbocycles. The van der Waals surface area contributed by atoms with Crippen LogP contribution in [0.5, 0.6) is 0 Å². The third-order valence-electron chi connectivity index (χ3n) is 2.91. The van der Waals surface area contributed by atoms with Crippen molar-refractivity contribution in [3.05, 3.63) is 18.0 Å². The Morgan fingerprint density at radius 1 is 1.30 bits per heavy atom. The second-order valence-corrected chi connectivity index (χ2v) is 4.16. The summed E-state index contributed by atoms with van der Waals surface area (Å²) in [6, 6.07) is 0.821. The van der Waals surface area contributed by atoms with Crippen LogP contribution < -0.4 is 4.90 Å². The molecule has 1 amide bonds. The Kier molecular flexibility index (Phi) is 3.79. The molecule has 1 aromatic heterocycles. The second kappa shape index (κ2) is 5.36. The van der Waals surface area contributed by atoms with Crippen molar-refractivity contribution in [3.63, 3.8) is 0 Å². The van der Waals surface area contributed by atoms with Crippen molar-refractivity contribution in [1.82, 2.24) is 14.9 Å². The Labute approximate surface area is 113 Å². The van der Waals surface area contributed by atoms with Crippen LogP contribution in [0, 0.1) is 12.3 Å². The van der Waals surface area contributed by atoms with Crippen molar-refractivity contribution >= 4 is 11.9 Å². The van der Waals surface area contributed by atoms with Crippen LogP contribution in [-0.2, 0) is 11.0 Å². The van der Waals surface area contributed by atoms with Crippen LogP contribution in [0.15, 0.2) is 12.3 Å². The first-order chi connectivity index (χ1) is 9.41. The molecule has 0 atom stereocenters. The zero-order chi connectivity index (χ0) is 14.8. The summed E-state index contributed by atoms with van der Waals surface area (Å²) in [7, 11) is 0. The van der Waals surface area contributed by atoms with Gasteiger partial charge in [0.15, 0.2) is 0 Å². The Morgan fingerprint density at radius 2 is 1.95 bits per heavy atom. The first kappa shape index (κ1) is 14.1. The predicted octanol–water partition coefficient (Wildman–Crippen LogP) is 0.777. The minimum atomic E-state index is -4.50. The normalized spacial score (nSPS) is 15.9. The molecule has 0 aromatic carbocycles. The van der Waals surface area contributed by atoms with Crippen molar-refractivity contribution in [1.29, 1.82) is 0 Å². The molecule has 0 bridgehead atoms. The summed E-state index contributed by atoms with van der Waals surface area (Å²) < 4.78 is 37.7. The zero-order valence-electron chi connectivity index (χ0n) is 10.4. The quantitative estimate of drug-likeness (QED) is 0.715. The number of amides is 1. The van der Waals surface area contributed by atoms with Crippen LogP contribution in [0.3, 0.4) is 0 Å². The maximum atomic E-state index is 12.6. The van der Waals surface area contributed by atoms with Gasteiger partial charge in [0.2, 0.25) is 5.95 Å². The van der Waals surface area contributed by atoms with Gasteiger partial charge >= 0.3 is 6.18 Å². The smallest absolute Gasteiger partial charge is 0.337 e. The Bertz CT molecular complexity index is 544. The summed E-state index contributed by atoms with van der Waals surface area (Å²) >= 11 is 0. The third kappa shape index (κ3) is 2.99. The fourth-order valence-electron chi connectivity index (χ4n) is 1.86. The van der Waals surface area contributed by atoms with E-state index in [1.165, 1.54) is 4.90 Å². The van der Waals surface area contributed by atoms with Gasteiger partial charge < -0.3 is 9.80 Å². The van der Waals surface area contributed by atoms with Gasteiger partial charge in [-0.05, 0) is 12.0 Å². The summed E-state index contributed by atoms with van der Waals surface area (Å²) in [5, 5.41) is 0. The van der Waals surface area contributed by atoms with Crippen molar-refractivity contribution in [3.8, 4) is 12.3 Å². The number of hydrogen-bond acceptors (Lipinski definition) is 4. The number of nitrogens with zero attached hydrogens (tertiary/aromatic N) is 4. The van der Waals surface area contributed by atoms with E-state index in [1.54, 1.807) is 4.90 Å². The highest BCUT2D eigenvalue weighted by molar-refractivity contribution is 5.93. The molecule has 1 fully saturated rings. The molecule has 2 rings (SSSR count). The number of rotatable bonds is 1. The van der Waals surface area contributed by atoms with Crippen LogP contribution in [0.4, 0.5) is 19.1 Å². The zero-order valence-corrected chi connectivity index (χ0v) is 10.4. The molecule has 0 saturated carbocycles. The van der Waals surface area contributed by atoms with Crippen LogP contribution in [0.2, 0.25) is 0 Å². The molecular formula is C12H11F3N4O. The fourth-order valence-corrected chi connectivity index (χ4v) is 1.86. The van der Waals surface area contributed by atoms with E-state index in [1.807, 2.05) is 5.92 Å². The van der Waals surface area contributed by atoms with E-state index >= 15 is 0 Å². The van der Waals surface area contributed by atoms with Gasteiger partial charge in [-0.15, -0.1) is 6.42 Å². The van der Waals surface area contributed by atoms with E-state index in [-0.39, 0.29) is 5.95 Å². The van der Waals surface area contributed by atoms with E-state index in [4.69, 9.17) is 6.42 Å². The lowest BCUT2D eigenvalue weighted by molar-refractivity contribution is -0.141. The molecule has 1 aliphatic heterocycles. The maximum absolute atomic E-state index is 12.6. The SMILES string of the molecule is C#CC(=O)N1CCN(c2nccc(C(F)(F)F)n2)CC1. The Balaban J connectivity index is 2.08. The number of piperazine rings is 1. The summed E-state index contributed by atoms with van der Waals surface area (Å²) in [5.41, 5.74) is -0.982. The molecule has 0 N–H and O–H groups in total. The van der Waals surface area contributed by atoms with Crippen LogP contribution in [0.25, 0.3) is 0 Å². The van der Waals surface area contributed by atoms with Gasteiger partial charge in [0, 0.05) is 32.4 Å². The lowest BCUT2D eigenvalue weighted by Gasteiger charge is -2.33. The first-order valence-corrected chi connectivity index (χ1v) is 5.82. The van der Waals surface area contributed by atoms with E-state index in [2.05, 4.69) is 9.97 Å². The molecule has 0 unspecified atom stereocenters. The summed E-state index contributed by atoms with van der Waals surface area (Å²) in [5.74, 6) is 1.59. The molecular weight excluding hydrogens is 273 g/mol. The number of aromatic nitrogens is 2. The molecule has 1 saturated heterocycles. The van der Waals surface area contributed by atoms with Crippen molar-refractivity contribution in [2.24, 2.45) is 0 Å². The van der Waals surface area contributed by atoms with Gasteiger partial charge in [-0.3, -0.25) is 4.79 Å². The molecule has 1 aliphatic rings. The number of halogens is 3. The van der Waals surface area contributed by atoms with E-state index in [0.717, 1.165) is 12.3 Å². The predicted molar refractivity (Wildman–Crippen MR) is 64.7 cm³/mol. The highest BCUT2D eigenvalue weighted by Gasteiger charge is 2.33. The summed E-state index contributed by atoms with van der Waals surface area (Å²) in [6.07, 6.45) is 1.58. The van der Waals surface area contributed by atoms with Crippen LogP contribution in [-0.4, -0.2) is 47.0 Å². The monoisotopic (exact) mass is 284 g/mol. The van der Waals surface area contributed by atoms with Crippen LogP contribution in [0.1, 0.15) is 5.69 Å². The van der Waals surface area contributed by atoms with Crippen LogP contribution >= 0.6 is 0 Å². The molecule has 0 spiro atoms. The number of hydrogen-bond donors (Lipinski definition) is 0. The fraction of sp³-hybridized carbons (Fsp3) is 0.417. The molecule has 20 heavy (non-hydrogen) atoms. The first-order valence-electron chi connectivity index (χ1n) is 5.82. The molecule has 8 heteroatoms. The third-order valence-corrected chi connectivity index (χ3v) is 2.91. The number of alkyl halides is 3. The molecule has 1 aromatic rings. The highest BCUT2D eigenvalue weighted by Crippen LogP contribution is 2.28.